The largest absolute Gasteiger partial charge is 0.490 e. The van der Waals surface area contributed by atoms with Crippen LogP contribution < -0.4 is 15.0 Å². The Hall–Kier alpha value is -3.06. The molecule has 0 bridgehead atoms. The van der Waals surface area contributed by atoms with Gasteiger partial charge in [-0.25, -0.2) is 9.59 Å². The summed E-state index contributed by atoms with van der Waals surface area (Å²) in [5, 5.41) is 19.0. The number of carboxylic acid groups (broad SMARTS) is 2. The molecular weight excluding hydrogens is 408 g/mol. The van der Waals surface area contributed by atoms with Crippen LogP contribution >= 0.6 is 0 Å². The van der Waals surface area contributed by atoms with E-state index in [9.17, 15) is 9.59 Å². The van der Waals surface area contributed by atoms with Gasteiger partial charge in [0, 0.05) is 30.9 Å². The SMILES string of the molecule is CC(C)=CCN(CC=C(C)C)c1ccc(OC2CCNCC2)cc1.O=C(O)/C=C/C(=O)O. The number of nitrogens with one attached hydrogen (secondary N) is 1. The number of hydrogen-bond acceptors (Lipinski definition) is 5. The summed E-state index contributed by atoms with van der Waals surface area (Å²) in [4.78, 5) is 21.5. The maximum absolute atomic E-state index is 9.55. The van der Waals surface area contributed by atoms with E-state index in [2.05, 4.69) is 74.3 Å². The van der Waals surface area contributed by atoms with Crippen LogP contribution in [0.15, 0.2) is 59.7 Å². The molecule has 7 heteroatoms. The van der Waals surface area contributed by atoms with E-state index in [0.717, 1.165) is 44.8 Å². The minimum atomic E-state index is -1.26. The molecule has 7 nitrogen and oxygen atoms in total. The number of ether oxygens (including phenoxy) is 1. The number of piperidine rings is 1. The number of hydrogen-bond donors (Lipinski definition) is 3. The standard InChI is InChI=1S/C21H32N2O.C4H4O4/c1-17(2)11-15-23(16-12-18(3)4)19-5-7-20(8-6-19)24-21-9-13-22-14-10-21;5-3(6)1-2-4(7)8/h5-8,11-12,21-22H,9-10,13-16H2,1-4H3;1-2H,(H,5,6)(H,7,8)/b;2-1+. The van der Waals surface area contributed by atoms with Gasteiger partial charge in [0.1, 0.15) is 11.9 Å². The number of aliphatic carboxylic acids is 2. The second kappa shape index (κ2) is 14.9. The third-order valence-electron chi connectivity index (χ3n) is 4.60. The van der Waals surface area contributed by atoms with Gasteiger partial charge in [0.2, 0.25) is 0 Å². The lowest BCUT2D eigenvalue weighted by Gasteiger charge is -2.25. The van der Waals surface area contributed by atoms with Crippen LogP contribution in [0.1, 0.15) is 40.5 Å². The van der Waals surface area contributed by atoms with E-state index in [1.807, 2.05) is 0 Å². The lowest BCUT2D eigenvalue weighted by Crippen LogP contribution is -2.34. The molecule has 0 atom stereocenters. The number of benzene rings is 1. The van der Waals surface area contributed by atoms with Crippen LogP contribution in [0.4, 0.5) is 5.69 Å². The molecule has 0 amide bonds. The van der Waals surface area contributed by atoms with Crippen molar-refractivity contribution >= 4 is 17.6 Å². The van der Waals surface area contributed by atoms with Crippen LogP contribution in [-0.4, -0.2) is 54.4 Å². The number of rotatable bonds is 9. The van der Waals surface area contributed by atoms with Gasteiger partial charge >= 0.3 is 11.9 Å². The molecule has 0 unspecified atom stereocenters. The molecule has 0 spiro atoms. The second-order valence-corrected chi connectivity index (χ2v) is 8.04. The van der Waals surface area contributed by atoms with E-state index in [1.54, 1.807) is 0 Å². The second-order valence-electron chi connectivity index (χ2n) is 8.04. The molecule has 176 valence electrons. The highest BCUT2D eigenvalue weighted by Gasteiger charge is 2.14. The first-order chi connectivity index (χ1) is 15.2. The van der Waals surface area contributed by atoms with Crippen molar-refractivity contribution < 1.29 is 24.5 Å². The highest BCUT2D eigenvalue weighted by atomic mass is 16.5. The van der Waals surface area contributed by atoms with Crippen LogP contribution in [0, 0.1) is 0 Å². The monoisotopic (exact) mass is 444 g/mol. The molecule has 1 aliphatic rings. The Balaban J connectivity index is 0.000000547. The Morgan fingerprint density at radius 3 is 1.81 bits per heavy atom. The predicted octanol–water partition coefficient (Wildman–Crippen LogP) is 4.27. The lowest BCUT2D eigenvalue weighted by molar-refractivity contribution is -0.134. The van der Waals surface area contributed by atoms with Gasteiger partial charge in [0.25, 0.3) is 0 Å². The zero-order valence-corrected chi connectivity index (χ0v) is 19.5. The Morgan fingerprint density at radius 2 is 1.41 bits per heavy atom. The van der Waals surface area contributed by atoms with Gasteiger partial charge in [0.15, 0.2) is 0 Å². The van der Waals surface area contributed by atoms with Crippen molar-refractivity contribution in [2.75, 3.05) is 31.1 Å². The molecule has 1 fully saturated rings. The number of anilines is 1. The summed E-state index contributed by atoms with van der Waals surface area (Å²) >= 11 is 0. The summed E-state index contributed by atoms with van der Waals surface area (Å²) in [7, 11) is 0. The van der Waals surface area contributed by atoms with Crippen molar-refractivity contribution in [3.05, 3.63) is 59.7 Å². The molecule has 1 aromatic carbocycles. The van der Waals surface area contributed by atoms with Crippen LogP contribution in [0.3, 0.4) is 0 Å². The van der Waals surface area contributed by atoms with E-state index >= 15 is 0 Å². The van der Waals surface area contributed by atoms with Crippen LogP contribution in [0.25, 0.3) is 0 Å². The van der Waals surface area contributed by atoms with Crippen molar-refractivity contribution in [1.82, 2.24) is 5.32 Å². The summed E-state index contributed by atoms with van der Waals surface area (Å²) in [5.41, 5.74) is 3.94. The maximum atomic E-state index is 9.55. The first-order valence-corrected chi connectivity index (χ1v) is 10.8. The zero-order chi connectivity index (χ0) is 23.9. The van der Waals surface area contributed by atoms with Crippen molar-refractivity contribution in [3.63, 3.8) is 0 Å². The molecule has 0 aromatic heterocycles. The zero-order valence-electron chi connectivity index (χ0n) is 19.5. The molecule has 1 aromatic rings. The lowest BCUT2D eigenvalue weighted by atomic mass is 10.1. The van der Waals surface area contributed by atoms with E-state index in [1.165, 1.54) is 16.8 Å². The van der Waals surface area contributed by atoms with Gasteiger partial charge in [-0.1, -0.05) is 23.3 Å². The smallest absolute Gasteiger partial charge is 0.328 e. The molecule has 3 N–H and O–H groups in total. The predicted molar refractivity (Wildman–Crippen MR) is 128 cm³/mol. The third-order valence-corrected chi connectivity index (χ3v) is 4.60. The van der Waals surface area contributed by atoms with Crippen molar-refractivity contribution in [3.8, 4) is 5.75 Å². The number of carboxylic acids is 2. The minimum Gasteiger partial charge on any atom is -0.490 e. The maximum Gasteiger partial charge on any atom is 0.328 e. The highest BCUT2D eigenvalue weighted by molar-refractivity contribution is 5.89. The summed E-state index contributed by atoms with van der Waals surface area (Å²) < 4.78 is 6.10. The first kappa shape index (κ1) is 27.0. The Labute approximate surface area is 191 Å². The highest BCUT2D eigenvalue weighted by Crippen LogP contribution is 2.22. The van der Waals surface area contributed by atoms with Crippen LogP contribution in [0.2, 0.25) is 0 Å². The topological polar surface area (TPSA) is 99.1 Å². The first-order valence-electron chi connectivity index (χ1n) is 10.8. The van der Waals surface area contributed by atoms with E-state index in [0.29, 0.717) is 18.3 Å². The quantitative estimate of drug-likeness (QED) is 0.386. The average Bonchev–Trinajstić information content (AvgIpc) is 2.74. The van der Waals surface area contributed by atoms with Gasteiger partial charge in [-0.05, 0) is 77.9 Å². The Kier molecular flexibility index (Phi) is 12.5. The number of carbonyl (C=O) groups is 2. The molecule has 1 saturated heterocycles. The summed E-state index contributed by atoms with van der Waals surface area (Å²) in [6.45, 7) is 12.6. The Bertz CT molecular complexity index is 762. The molecule has 1 aliphatic heterocycles. The van der Waals surface area contributed by atoms with E-state index in [4.69, 9.17) is 14.9 Å². The van der Waals surface area contributed by atoms with Gasteiger partial charge in [-0.3, -0.25) is 0 Å². The summed E-state index contributed by atoms with van der Waals surface area (Å²) in [6, 6.07) is 8.56. The molecule has 0 aliphatic carbocycles. The number of nitrogens with zero attached hydrogens (tertiary/aromatic N) is 1. The molecule has 0 saturated carbocycles. The minimum absolute atomic E-state index is 0.351. The molecule has 32 heavy (non-hydrogen) atoms. The Morgan fingerprint density at radius 1 is 0.938 bits per heavy atom. The molecular formula is C25H36N2O5. The van der Waals surface area contributed by atoms with Crippen molar-refractivity contribution in [1.29, 1.82) is 0 Å². The molecule has 2 rings (SSSR count). The fraction of sp³-hybridized carbons (Fsp3) is 0.440. The third kappa shape index (κ3) is 12.6. The van der Waals surface area contributed by atoms with Gasteiger partial charge < -0.3 is 25.2 Å². The number of allylic oxidation sites excluding steroid dienone is 2. The van der Waals surface area contributed by atoms with Gasteiger partial charge in [-0.2, -0.15) is 0 Å². The van der Waals surface area contributed by atoms with Crippen molar-refractivity contribution in [2.24, 2.45) is 0 Å². The summed E-state index contributed by atoms with van der Waals surface area (Å²) in [5.74, 6) is -1.53. The van der Waals surface area contributed by atoms with Crippen LogP contribution in [-0.2, 0) is 9.59 Å². The van der Waals surface area contributed by atoms with Crippen molar-refractivity contribution in [2.45, 2.75) is 46.6 Å². The van der Waals surface area contributed by atoms with Crippen LogP contribution in [0.5, 0.6) is 5.75 Å². The molecule has 0 radical (unpaired) electrons. The summed E-state index contributed by atoms with van der Waals surface area (Å²) in [6.07, 6.45) is 8.20. The van der Waals surface area contributed by atoms with Gasteiger partial charge in [0.05, 0.1) is 0 Å². The van der Waals surface area contributed by atoms with E-state index in [-0.39, 0.29) is 0 Å². The average molecular weight is 445 g/mol. The normalized spacial score (nSPS) is 13.5. The fourth-order valence-corrected chi connectivity index (χ4v) is 2.85. The molecule has 1 heterocycles. The fourth-order valence-electron chi connectivity index (χ4n) is 2.85. The van der Waals surface area contributed by atoms with E-state index < -0.39 is 11.9 Å². The van der Waals surface area contributed by atoms with Gasteiger partial charge in [-0.15, -0.1) is 0 Å².